The van der Waals surface area contributed by atoms with E-state index >= 15 is 0 Å². The normalized spacial score (nSPS) is 21.2. The molecule has 2 heterocycles. The number of nitrogens with zero attached hydrogens (tertiary/aromatic N) is 2. The first-order valence-electron chi connectivity index (χ1n) is 20.1. The first-order valence-corrected chi connectivity index (χ1v) is 20.1. The molecule has 2 saturated heterocycles. The third-order valence-corrected chi connectivity index (χ3v) is 10.2. The molecule has 0 spiro atoms. The highest BCUT2D eigenvalue weighted by molar-refractivity contribution is 5.97. The van der Waals surface area contributed by atoms with E-state index in [2.05, 4.69) is 37.4 Å². The van der Waals surface area contributed by atoms with Crippen molar-refractivity contribution in [2.45, 2.75) is 156 Å². The maximum Gasteiger partial charge on any atom is 0.260 e. The molecule has 18 nitrogen and oxygen atoms in total. The number of aldehydes is 1. The van der Waals surface area contributed by atoms with Crippen LogP contribution in [0.25, 0.3) is 0 Å². The van der Waals surface area contributed by atoms with E-state index in [0.717, 1.165) is 6.42 Å². The number of aliphatic hydroxyl groups excluding tert-OH is 1. The van der Waals surface area contributed by atoms with Gasteiger partial charge in [-0.25, -0.2) is 10.9 Å². The largest absolute Gasteiger partial charge is 0.391 e. The van der Waals surface area contributed by atoms with Crippen molar-refractivity contribution >= 4 is 48.1 Å². The van der Waals surface area contributed by atoms with Gasteiger partial charge in [0.05, 0.1) is 6.10 Å². The van der Waals surface area contributed by atoms with Crippen LogP contribution in [0.4, 0.5) is 0 Å². The highest BCUT2D eigenvalue weighted by atomic mass is 16.3. The Morgan fingerprint density at radius 3 is 1.79 bits per heavy atom. The Hall–Kier alpha value is -4.16. The smallest absolute Gasteiger partial charge is 0.260 e. The summed E-state index contributed by atoms with van der Waals surface area (Å²) in [6, 6.07) is -7.41. The molecule has 0 aliphatic carbocycles. The summed E-state index contributed by atoms with van der Waals surface area (Å²) in [7, 11) is 0. The molecule has 7 amide bonds. The zero-order chi connectivity index (χ0) is 42.3. The van der Waals surface area contributed by atoms with Gasteiger partial charge < -0.3 is 36.5 Å². The van der Waals surface area contributed by atoms with E-state index in [9.17, 15) is 43.5 Å². The monoisotopic (exact) mass is 794 g/mol. The Labute approximate surface area is 331 Å². The summed E-state index contributed by atoms with van der Waals surface area (Å²) in [6.45, 7) is 16.7. The van der Waals surface area contributed by atoms with Crippen molar-refractivity contribution in [3.63, 3.8) is 0 Å². The van der Waals surface area contributed by atoms with Crippen molar-refractivity contribution in [1.82, 2.24) is 47.5 Å². The summed E-state index contributed by atoms with van der Waals surface area (Å²) in [6.07, 6.45) is 2.78. The summed E-state index contributed by atoms with van der Waals surface area (Å²) in [5.41, 5.74) is 5.98. The number of carbonyl (C=O) groups excluding carboxylic acids is 8. The number of aliphatic hydroxyl groups is 1. The van der Waals surface area contributed by atoms with Crippen molar-refractivity contribution in [2.75, 3.05) is 13.1 Å². The molecule has 2 aliphatic heterocycles. The van der Waals surface area contributed by atoms with E-state index in [1.165, 1.54) is 16.9 Å². The van der Waals surface area contributed by atoms with E-state index < -0.39 is 89.8 Å². The fraction of sp³-hybridized carbons (Fsp3) is 0.789. The number of amides is 7. The van der Waals surface area contributed by atoms with E-state index in [4.69, 9.17) is 0 Å². The highest BCUT2D eigenvalue weighted by Gasteiger charge is 2.41. The lowest BCUT2D eigenvalue weighted by atomic mass is 9.97. The van der Waals surface area contributed by atoms with Gasteiger partial charge in [-0.1, -0.05) is 61.8 Å². The van der Waals surface area contributed by atoms with Gasteiger partial charge in [0.2, 0.25) is 30.0 Å². The second-order valence-corrected chi connectivity index (χ2v) is 16.2. The molecule has 9 unspecified atom stereocenters. The molecule has 9 atom stereocenters. The molecule has 2 aliphatic rings. The highest BCUT2D eigenvalue weighted by Crippen LogP contribution is 2.19. The van der Waals surface area contributed by atoms with Crippen LogP contribution in [0.3, 0.4) is 0 Å². The van der Waals surface area contributed by atoms with Crippen molar-refractivity contribution in [3.8, 4) is 0 Å². The van der Waals surface area contributed by atoms with Gasteiger partial charge in [0.15, 0.2) is 0 Å². The quantitative estimate of drug-likeness (QED) is 0.0683. The fourth-order valence-corrected chi connectivity index (χ4v) is 6.81. The van der Waals surface area contributed by atoms with Gasteiger partial charge in [-0.2, -0.15) is 0 Å². The fourth-order valence-electron chi connectivity index (χ4n) is 6.81. The molecule has 0 radical (unpaired) electrons. The van der Waals surface area contributed by atoms with Crippen LogP contribution in [-0.4, -0.2) is 125 Å². The molecule has 0 aromatic heterocycles. The first kappa shape index (κ1) is 48.0. The standard InChI is InChI=1S/C38H67N9O9/c1-10-24(8)31(39-20-49)35(53)45-32(25(9)50)36(54)42-27(17-21(2)3)33(51)44-30(23(6)7)38(56)47-29(14-12-16-41-47)34(52)43-28(18-22(4)5)37(55)46-26(19-48)13-11-15-40-46/h19-32,40-41,50H,10-18H2,1-9H3,(H,39,49)(H,42,54)(H,43,52)(H,44,51)(H,45,53). The third-order valence-electron chi connectivity index (χ3n) is 10.2. The van der Waals surface area contributed by atoms with Gasteiger partial charge in [0.1, 0.15) is 48.6 Å². The van der Waals surface area contributed by atoms with Gasteiger partial charge in [-0.3, -0.25) is 43.6 Å². The Bertz CT molecular complexity index is 1360. The second kappa shape index (κ2) is 23.2. The SMILES string of the molecule is CCC(C)C(NC=O)C(=O)NC(C(=O)NC(CC(C)C)C(=O)NC(C(=O)N1NCCCC1C(=O)NC(CC(C)C)C(=O)N1NCCCC1C=O)C(C)C)C(C)O. The topological polar surface area (TPSA) is 247 Å². The molecule has 2 fully saturated rings. The van der Waals surface area contributed by atoms with E-state index in [-0.39, 0.29) is 30.6 Å². The summed E-state index contributed by atoms with van der Waals surface area (Å²) < 4.78 is 0. The molecule has 56 heavy (non-hydrogen) atoms. The van der Waals surface area contributed by atoms with Crippen LogP contribution in [0.15, 0.2) is 0 Å². The van der Waals surface area contributed by atoms with Gasteiger partial charge in [-0.15, -0.1) is 0 Å². The van der Waals surface area contributed by atoms with E-state index in [1.54, 1.807) is 20.8 Å². The van der Waals surface area contributed by atoms with Crippen LogP contribution in [0.2, 0.25) is 0 Å². The Morgan fingerprint density at radius 1 is 0.696 bits per heavy atom. The molecular formula is C38H67N9O9. The lowest BCUT2D eigenvalue weighted by Gasteiger charge is -2.40. The van der Waals surface area contributed by atoms with Gasteiger partial charge in [0.25, 0.3) is 11.8 Å². The Kier molecular flexibility index (Phi) is 19.8. The first-order chi connectivity index (χ1) is 26.4. The van der Waals surface area contributed by atoms with Crippen LogP contribution in [0.5, 0.6) is 0 Å². The van der Waals surface area contributed by atoms with Crippen LogP contribution in [-0.2, 0) is 38.4 Å². The number of rotatable bonds is 21. The predicted molar refractivity (Wildman–Crippen MR) is 207 cm³/mol. The van der Waals surface area contributed by atoms with Gasteiger partial charge >= 0.3 is 0 Å². The summed E-state index contributed by atoms with van der Waals surface area (Å²) in [5, 5.41) is 26.2. The summed E-state index contributed by atoms with van der Waals surface area (Å²) >= 11 is 0. The van der Waals surface area contributed by atoms with Crippen molar-refractivity contribution in [2.24, 2.45) is 23.7 Å². The molecule has 18 heteroatoms. The minimum atomic E-state index is -1.47. The Balaban J connectivity index is 2.30. The molecule has 8 N–H and O–H groups in total. The molecule has 0 aromatic carbocycles. The van der Waals surface area contributed by atoms with E-state index in [1.807, 2.05) is 34.6 Å². The average Bonchev–Trinajstić information content (AvgIpc) is 3.15. The van der Waals surface area contributed by atoms with E-state index in [0.29, 0.717) is 51.5 Å². The molecule has 0 aromatic rings. The lowest BCUT2D eigenvalue weighted by Crippen LogP contribution is -2.66. The number of hydrogen-bond acceptors (Lipinski definition) is 11. The number of hydrogen-bond donors (Lipinski definition) is 8. The van der Waals surface area contributed by atoms with Crippen molar-refractivity contribution < 1.29 is 43.5 Å². The molecule has 318 valence electrons. The van der Waals surface area contributed by atoms with Crippen LogP contribution in [0, 0.1) is 23.7 Å². The maximum atomic E-state index is 14.2. The lowest BCUT2D eigenvalue weighted by molar-refractivity contribution is -0.152. The number of hydrazine groups is 2. The number of carbonyl (C=O) groups is 8. The van der Waals surface area contributed by atoms with Crippen LogP contribution < -0.4 is 37.4 Å². The predicted octanol–water partition coefficient (Wildman–Crippen LogP) is -0.595. The van der Waals surface area contributed by atoms with Crippen molar-refractivity contribution in [3.05, 3.63) is 0 Å². The minimum absolute atomic E-state index is 0.0130. The van der Waals surface area contributed by atoms with Gasteiger partial charge in [0, 0.05) is 13.1 Å². The number of nitrogens with one attached hydrogen (secondary N) is 7. The zero-order valence-electron chi connectivity index (χ0n) is 34.6. The molecular weight excluding hydrogens is 726 g/mol. The van der Waals surface area contributed by atoms with Crippen molar-refractivity contribution in [1.29, 1.82) is 0 Å². The van der Waals surface area contributed by atoms with Crippen LogP contribution >= 0.6 is 0 Å². The molecule has 0 saturated carbocycles. The molecule has 0 bridgehead atoms. The summed E-state index contributed by atoms with van der Waals surface area (Å²) in [5.74, 6) is -4.64. The summed E-state index contributed by atoms with van der Waals surface area (Å²) in [4.78, 5) is 105. The second-order valence-electron chi connectivity index (χ2n) is 16.2. The Morgan fingerprint density at radius 2 is 1.25 bits per heavy atom. The minimum Gasteiger partial charge on any atom is -0.391 e. The maximum absolute atomic E-state index is 14.2. The third kappa shape index (κ3) is 13.8. The average molecular weight is 794 g/mol. The molecule has 2 rings (SSSR count). The zero-order valence-corrected chi connectivity index (χ0v) is 34.6. The van der Waals surface area contributed by atoms with Gasteiger partial charge in [-0.05, 0) is 69.1 Å². The van der Waals surface area contributed by atoms with Crippen LogP contribution in [0.1, 0.15) is 107 Å².